The molecule has 0 atom stereocenters. The number of benzene rings is 1. The summed E-state index contributed by atoms with van der Waals surface area (Å²) < 4.78 is 0. The molecule has 1 N–H and O–H groups in total. The van der Waals surface area contributed by atoms with Crippen molar-refractivity contribution in [3.05, 3.63) is 29.3 Å². The lowest BCUT2D eigenvalue weighted by Crippen LogP contribution is -2.39. The second kappa shape index (κ2) is 6.20. The molecular weight excluding hydrogens is 254 g/mol. The predicted molar refractivity (Wildman–Crippen MR) is 75.5 cm³/mol. The third kappa shape index (κ3) is 2.80. The molecule has 1 amide bonds. The summed E-state index contributed by atoms with van der Waals surface area (Å²) in [7, 11) is 1.65. The number of nitrogens with one attached hydrogen (secondary N) is 1. The Morgan fingerprint density at radius 1 is 1.45 bits per heavy atom. The van der Waals surface area contributed by atoms with Gasteiger partial charge in [-0.05, 0) is 31.0 Å². The molecule has 1 heterocycles. The van der Waals surface area contributed by atoms with Crippen molar-refractivity contribution in [2.45, 2.75) is 12.8 Å². The average molecular weight is 271 g/mol. The Morgan fingerprint density at radius 3 is 2.70 bits per heavy atom. The summed E-state index contributed by atoms with van der Waals surface area (Å²) in [6.45, 7) is 1.49. The summed E-state index contributed by atoms with van der Waals surface area (Å²) in [5.41, 5.74) is 1.85. The lowest BCUT2D eigenvalue weighted by atomic mass is 9.95. The Kier molecular flexibility index (Phi) is 4.36. The summed E-state index contributed by atoms with van der Waals surface area (Å²) in [6.07, 6.45) is 2.29. The highest BCUT2D eigenvalue weighted by atomic mass is 16.1. The van der Waals surface area contributed by atoms with Crippen LogP contribution in [0.4, 0.5) is 5.69 Å². The quantitative estimate of drug-likeness (QED) is 0.842. The molecule has 2 rings (SSSR count). The lowest BCUT2D eigenvalue weighted by Gasteiger charge is -2.33. The smallest absolute Gasteiger partial charge is 0.222 e. The van der Waals surface area contributed by atoms with E-state index in [4.69, 9.17) is 0 Å². The Hall–Kier alpha value is -2.35. The fraction of sp³-hybridized carbons (Fsp3) is 0.400. The number of amides is 1. The van der Waals surface area contributed by atoms with Gasteiger partial charge >= 0.3 is 0 Å². The highest BCUT2D eigenvalue weighted by Gasteiger charge is 2.25. The van der Waals surface area contributed by atoms with E-state index in [9.17, 15) is 14.9 Å². The van der Waals surface area contributed by atoms with E-state index >= 15 is 0 Å². The Balaban J connectivity index is 2.13. The molecule has 0 aromatic heterocycles. The Morgan fingerprint density at radius 2 is 2.15 bits per heavy atom. The van der Waals surface area contributed by atoms with Crippen LogP contribution in [0, 0.1) is 17.2 Å². The Labute approximate surface area is 118 Å². The van der Waals surface area contributed by atoms with Crippen molar-refractivity contribution in [3.8, 4) is 6.07 Å². The van der Waals surface area contributed by atoms with Crippen LogP contribution in [0.2, 0.25) is 0 Å². The van der Waals surface area contributed by atoms with Gasteiger partial charge in [0.1, 0.15) is 12.4 Å². The van der Waals surface area contributed by atoms with Crippen LogP contribution >= 0.6 is 0 Å². The molecule has 0 saturated carbocycles. The van der Waals surface area contributed by atoms with Gasteiger partial charge in [-0.2, -0.15) is 5.26 Å². The van der Waals surface area contributed by atoms with Crippen molar-refractivity contribution in [1.29, 1.82) is 5.26 Å². The number of anilines is 1. The SMILES string of the molecule is CNC(=O)C1CCN(c2ccc(C=O)cc2C#N)CC1. The van der Waals surface area contributed by atoms with Crippen LogP contribution in [0.15, 0.2) is 18.2 Å². The molecule has 1 aromatic rings. The first kappa shape index (κ1) is 14.1. The number of nitrogens with zero attached hydrogens (tertiary/aromatic N) is 2. The zero-order valence-electron chi connectivity index (χ0n) is 11.4. The van der Waals surface area contributed by atoms with Crippen LogP contribution in [0.5, 0.6) is 0 Å². The molecule has 104 valence electrons. The summed E-state index contributed by atoms with van der Waals surface area (Å²) in [6, 6.07) is 7.26. The molecule has 0 unspecified atom stereocenters. The number of hydrogen-bond donors (Lipinski definition) is 1. The van der Waals surface area contributed by atoms with Gasteiger partial charge in [0.2, 0.25) is 5.91 Å². The zero-order chi connectivity index (χ0) is 14.5. The summed E-state index contributed by atoms with van der Waals surface area (Å²) in [5, 5.41) is 11.9. The van der Waals surface area contributed by atoms with Gasteiger partial charge in [-0.25, -0.2) is 0 Å². The second-order valence-corrected chi connectivity index (χ2v) is 4.88. The van der Waals surface area contributed by atoms with Crippen LogP contribution in [-0.2, 0) is 4.79 Å². The molecule has 1 saturated heterocycles. The molecule has 1 fully saturated rings. The maximum Gasteiger partial charge on any atom is 0.222 e. The lowest BCUT2D eigenvalue weighted by molar-refractivity contribution is -0.125. The van der Waals surface area contributed by atoms with E-state index in [-0.39, 0.29) is 11.8 Å². The highest BCUT2D eigenvalue weighted by molar-refractivity contribution is 5.79. The number of carbonyl (C=O) groups is 2. The van der Waals surface area contributed by atoms with Crippen molar-refractivity contribution in [1.82, 2.24) is 5.32 Å². The van der Waals surface area contributed by atoms with E-state index < -0.39 is 0 Å². The minimum atomic E-state index is 0.0519. The summed E-state index contributed by atoms with van der Waals surface area (Å²) in [4.78, 5) is 24.4. The largest absolute Gasteiger partial charge is 0.370 e. The van der Waals surface area contributed by atoms with Gasteiger partial charge in [0, 0.05) is 31.6 Å². The zero-order valence-corrected chi connectivity index (χ0v) is 11.4. The number of piperidine rings is 1. The van der Waals surface area contributed by atoms with E-state index in [1.54, 1.807) is 19.2 Å². The first-order valence-electron chi connectivity index (χ1n) is 6.65. The average Bonchev–Trinajstić information content (AvgIpc) is 2.53. The minimum absolute atomic E-state index is 0.0519. The number of hydrogen-bond acceptors (Lipinski definition) is 4. The van der Waals surface area contributed by atoms with Crippen molar-refractivity contribution in [2.75, 3.05) is 25.0 Å². The van der Waals surface area contributed by atoms with Crippen molar-refractivity contribution < 1.29 is 9.59 Å². The topological polar surface area (TPSA) is 73.2 Å². The monoisotopic (exact) mass is 271 g/mol. The van der Waals surface area contributed by atoms with E-state index in [2.05, 4.69) is 16.3 Å². The van der Waals surface area contributed by atoms with E-state index in [0.717, 1.165) is 37.9 Å². The van der Waals surface area contributed by atoms with Gasteiger partial charge in [-0.3, -0.25) is 9.59 Å². The number of nitriles is 1. The first-order valence-corrected chi connectivity index (χ1v) is 6.65. The van der Waals surface area contributed by atoms with Gasteiger partial charge in [0.15, 0.2) is 0 Å². The summed E-state index contributed by atoms with van der Waals surface area (Å²) >= 11 is 0. The van der Waals surface area contributed by atoms with Crippen LogP contribution in [0.3, 0.4) is 0 Å². The van der Waals surface area contributed by atoms with Gasteiger partial charge in [0.05, 0.1) is 11.3 Å². The molecule has 1 aromatic carbocycles. The van der Waals surface area contributed by atoms with E-state index in [1.165, 1.54) is 0 Å². The van der Waals surface area contributed by atoms with Gasteiger partial charge in [-0.1, -0.05) is 0 Å². The van der Waals surface area contributed by atoms with E-state index in [0.29, 0.717) is 11.1 Å². The molecular formula is C15H17N3O2. The van der Waals surface area contributed by atoms with Crippen LogP contribution in [0.25, 0.3) is 0 Å². The maximum atomic E-state index is 11.6. The summed E-state index contributed by atoms with van der Waals surface area (Å²) in [5.74, 6) is 0.137. The third-order valence-corrected chi connectivity index (χ3v) is 3.73. The van der Waals surface area contributed by atoms with Crippen LogP contribution in [0.1, 0.15) is 28.8 Å². The number of aldehydes is 1. The molecule has 0 spiro atoms. The molecule has 1 aliphatic rings. The van der Waals surface area contributed by atoms with Crippen molar-refractivity contribution >= 4 is 17.9 Å². The van der Waals surface area contributed by atoms with Crippen LogP contribution in [-0.4, -0.2) is 32.3 Å². The molecule has 0 radical (unpaired) electrons. The first-order chi connectivity index (χ1) is 9.69. The molecule has 20 heavy (non-hydrogen) atoms. The second-order valence-electron chi connectivity index (χ2n) is 4.88. The standard InChI is InChI=1S/C15H17N3O2/c1-17-15(20)12-4-6-18(7-5-12)14-3-2-11(10-19)8-13(14)9-16/h2-3,8,10,12H,4-7H2,1H3,(H,17,20). The third-order valence-electron chi connectivity index (χ3n) is 3.73. The van der Waals surface area contributed by atoms with E-state index in [1.807, 2.05) is 6.07 Å². The molecule has 5 nitrogen and oxygen atoms in total. The van der Waals surface area contributed by atoms with Crippen molar-refractivity contribution in [2.24, 2.45) is 5.92 Å². The molecule has 1 aliphatic heterocycles. The van der Waals surface area contributed by atoms with Gasteiger partial charge in [-0.15, -0.1) is 0 Å². The fourth-order valence-electron chi connectivity index (χ4n) is 2.58. The molecule has 5 heteroatoms. The number of carbonyl (C=O) groups excluding carboxylic acids is 2. The highest BCUT2D eigenvalue weighted by Crippen LogP contribution is 2.26. The molecule has 0 bridgehead atoms. The molecule has 0 aliphatic carbocycles. The normalized spacial score (nSPS) is 15.5. The van der Waals surface area contributed by atoms with Crippen molar-refractivity contribution in [3.63, 3.8) is 0 Å². The number of rotatable bonds is 3. The maximum absolute atomic E-state index is 11.6. The fourth-order valence-corrected chi connectivity index (χ4v) is 2.58. The predicted octanol–water partition coefficient (Wildman–Crippen LogP) is 1.33. The van der Waals surface area contributed by atoms with Gasteiger partial charge < -0.3 is 10.2 Å². The van der Waals surface area contributed by atoms with Crippen LogP contribution < -0.4 is 10.2 Å². The van der Waals surface area contributed by atoms with Gasteiger partial charge in [0.25, 0.3) is 0 Å². The minimum Gasteiger partial charge on any atom is -0.370 e. The Bertz CT molecular complexity index is 555.